The second-order valence-electron chi connectivity index (χ2n) is 4.37. The third-order valence-electron chi connectivity index (χ3n) is 3.01. The van der Waals surface area contributed by atoms with E-state index >= 15 is 0 Å². The van der Waals surface area contributed by atoms with Gasteiger partial charge in [0.25, 0.3) is 0 Å². The molecule has 0 saturated heterocycles. The molecule has 1 aromatic carbocycles. The van der Waals surface area contributed by atoms with Crippen LogP contribution in [-0.4, -0.2) is 10.8 Å². The largest absolute Gasteiger partial charge is 0.294 e. The van der Waals surface area contributed by atoms with Gasteiger partial charge in [-0.3, -0.25) is 9.78 Å². The second-order valence-corrected chi connectivity index (χ2v) is 4.78. The van der Waals surface area contributed by atoms with Gasteiger partial charge in [0.1, 0.15) is 0 Å². The molecule has 1 aromatic heterocycles. The molecule has 0 unspecified atom stereocenters. The number of carbonyl (C=O) groups excluding carboxylic acids is 1. The number of nitrogens with zero attached hydrogens (tertiary/aromatic N) is 1. The Kier molecular flexibility index (Phi) is 3.78. The molecule has 0 fully saturated rings. The fraction of sp³-hybridized carbons (Fsp3) is 0.200. The highest BCUT2D eigenvalue weighted by atomic mass is 35.5. The van der Waals surface area contributed by atoms with E-state index in [0.29, 0.717) is 17.0 Å². The van der Waals surface area contributed by atoms with E-state index in [0.717, 1.165) is 5.56 Å². The minimum Gasteiger partial charge on any atom is -0.294 e. The lowest BCUT2D eigenvalue weighted by Gasteiger charge is -2.06. The highest BCUT2D eigenvalue weighted by Crippen LogP contribution is 2.17. The highest BCUT2D eigenvalue weighted by Gasteiger charge is 2.11. The van der Waals surface area contributed by atoms with Crippen molar-refractivity contribution in [2.75, 3.05) is 0 Å². The number of carbonyl (C=O) groups is 1. The maximum absolute atomic E-state index is 12.1. The van der Waals surface area contributed by atoms with Crippen molar-refractivity contribution in [3.63, 3.8) is 0 Å². The SMILES string of the molecule is Cc1ccc(CC(=O)c2ccncc2Cl)cc1C. The van der Waals surface area contributed by atoms with Crippen LogP contribution in [0.15, 0.2) is 36.7 Å². The minimum atomic E-state index is 0.0191. The van der Waals surface area contributed by atoms with Crippen LogP contribution in [0.4, 0.5) is 0 Å². The first-order chi connectivity index (χ1) is 8.58. The van der Waals surface area contributed by atoms with E-state index in [1.54, 1.807) is 12.3 Å². The van der Waals surface area contributed by atoms with Crippen molar-refractivity contribution in [3.8, 4) is 0 Å². The summed E-state index contributed by atoms with van der Waals surface area (Å²) in [5, 5.41) is 0.409. The summed E-state index contributed by atoms with van der Waals surface area (Å²) in [6, 6.07) is 7.72. The first-order valence-corrected chi connectivity index (χ1v) is 6.14. The van der Waals surface area contributed by atoms with Crippen molar-refractivity contribution in [1.82, 2.24) is 4.98 Å². The number of aryl methyl sites for hydroxylation is 2. The maximum atomic E-state index is 12.1. The standard InChI is InChI=1S/C15H14ClNO/c1-10-3-4-12(7-11(10)2)8-15(18)13-5-6-17-9-14(13)16/h3-7,9H,8H2,1-2H3. The third kappa shape index (κ3) is 2.77. The van der Waals surface area contributed by atoms with Crippen molar-refractivity contribution in [3.05, 3.63) is 63.9 Å². The predicted molar refractivity (Wildman–Crippen MR) is 73.2 cm³/mol. The Morgan fingerprint density at radius 1 is 1.22 bits per heavy atom. The van der Waals surface area contributed by atoms with Crippen LogP contribution >= 0.6 is 11.6 Å². The summed E-state index contributed by atoms with van der Waals surface area (Å²) < 4.78 is 0. The maximum Gasteiger partial charge on any atom is 0.168 e. The van der Waals surface area contributed by atoms with Gasteiger partial charge in [-0.05, 0) is 36.6 Å². The summed E-state index contributed by atoms with van der Waals surface area (Å²) >= 11 is 5.96. The molecule has 0 aliphatic heterocycles. The lowest BCUT2D eigenvalue weighted by molar-refractivity contribution is 0.0993. The number of hydrogen-bond donors (Lipinski definition) is 0. The van der Waals surface area contributed by atoms with Crippen LogP contribution in [0.5, 0.6) is 0 Å². The van der Waals surface area contributed by atoms with Gasteiger partial charge < -0.3 is 0 Å². The molecule has 1 heterocycles. The molecule has 0 N–H and O–H groups in total. The highest BCUT2D eigenvalue weighted by molar-refractivity contribution is 6.33. The molecule has 0 bridgehead atoms. The fourth-order valence-electron chi connectivity index (χ4n) is 1.80. The van der Waals surface area contributed by atoms with Gasteiger partial charge in [-0.15, -0.1) is 0 Å². The van der Waals surface area contributed by atoms with E-state index in [-0.39, 0.29) is 5.78 Å². The average Bonchev–Trinajstić information content (AvgIpc) is 2.34. The number of ketones is 1. The molecule has 2 nitrogen and oxygen atoms in total. The summed E-state index contributed by atoms with van der Waals surface area (Å²) in [5.74, 6) is 0.0191. The molecular weight excluding hydrogens is 246 g/mol. The lowest BCUT2D eigenvalue weighted by Crippen LogP contribution is -2.05. The first-order valence-electron chi connectivity index (χ1n) is 5.77. The van der Waals surface area contributed by atoms with Gasteiger partial charge in [-0.2, -0.15) is 0 Å². The van der Waals surface area contributed by atoms with Crippen LogP contribution in [0, 0.1) is 13.8 Å². The van der Waals surface area contributed by atoms with Crippen LogP contribution in [0.2, 0.25) is 5.02 Å². The third-order valence-corrected chi connectivity index (χ3v) is 3.31. The molecule has 3 heteroatoms. The smallest absolute Gasteiger partial charge is 0.168 e. The van der Waals surface area contributed by atoms with Crippen molar-refractivity contribution in [1.29, 1.82) is 0 Å². The van der Waals surface area contributed by atoms with Crippen LogP contribution in [0.25, 0.3) is 0 Å². The van der Waals surface area contributed by atoms with Crippen molar-refractivity contribution in [2.45, 2.75) is 20.3 Å². The van der Waals surface area contributed by atoms with Gasteiger partial charge in [0.2, 0.25) is 0 Å². The van der Waals surface area contributed by atoms with E-state index in [2.05, 4.69) is 11.9 Å². The molecule has 0 spiro atoms. The van der Waals surface area contributed by atoms with Crippen LogP contribution in [-0.2, 0) is 6.42 Å². The number of hydrogen-bond acceptors (Lipinski definition) is 2. The number of benzene rings is 1. The van der Waals surface area contributed by atoms with E-state index in [1.165, 1.54) is 17.3 Å². The van der Waals surface area contributed by atoms with Crippen molar-refractivity contribution >= 4 is 17.4 Å². The summed E-state index contributed by atoms with van der Waals surface area (Å²) in [7, 11) is 0. The quantitative estimate of drug-likeness (QED) is 0.786. The van der Waals surface area contributed by atoms with E-state index < -0.39 is 0 Å². The lowest BCUT2D eigenvalue weighted by atomic mass is 10.00. The van der Waals surface area contributed by atoms with Gasteiger partial charge in [0, 0.05) is 24.4 Å². The average molecular weight is 260 g/mol. The van der Waals surface area contributed by atoms with E-state index in [4.69, 9.17) is 11.6 Å². The van der Waals surface area contributed by atoms with E-state index in [1.807, 2.05) is 25.1 Å². The molecule has 0 atom stereocenters. The number of aromatic nitrogens is 1. The van der Waals surface area contributed by atoms with E-state index in [9.17, 15) is 4.79 Å². The summed E-state index contributed by atoms with van der Waals surface area (Å²) in [4.78, 5) is 16.0. The summed E-state index contributed by atoms with van der Waals surface area (Å²) in [6.07, 6.45) is 3.44. The molecule has 18 heavy (non-hydrogen) atoms. The fourth-order valence-corrected chi connectivity index (χ4v) is 2.02. The predicted octanol–water partition coefficient (Wildman–Crippen LogP) is 3.78. The van der Waals surface area contributed by atoms with Crippen molar-refractivity contribution < 1.29 is 4.79 Å². The number of rotatable bonds is 3. The molecule has 0 radical (unpaired) electrons. The summed E-state index contributed by atoms with van der Waals surface area (Å²) in [5.41, 5.74) is 3.97. The second kappa shape index (κ2) is 5.32. The Morgan fingerprint density at radius 2 is 2.00 bits per heavy atom. The zero-order valence-corrected chi connectivity index (χ0v) is 11.2. The zero-order valence-electron chi connectivity index (χ0n) is 10.4. The summed E-state index contributed by atoms with van der Waals surface area (Å²) in [6.45, 7) is 4.10. The Bertz CT molecular complexity index is 593. The van der Waals surface area contributed by atoms with Gasteiger partial charge in [0.05, 0.1) is 5.02 Å². The number of halogens is 1. The molecule has 0 saturated carbocycles. The first kappa shape index (κ1) is 12.8. The van der Waals surface area contributed by atoms with Gasteiger partial charge >= 0.3 is 0 Å². The molecule has 2 aromatic rings. The van der Waals surface area contributed by atoms with Gasteiger partial charge in [0.15, 0.2) is 5.78 Å². The molecule has 0 aliphatic carbocycles. The Balaban J connectivity index is 2.22. The zero-order chi connectivity index (χ0) is 13.1. The van der Waals surface area contributed by atoms with Crippen molar-refractivity contribution in [2.24, 2.45) is 0 Å². The molecule has 0 amide bonds. The van der Waals surface area contributed by atoms with Crippen LogP contribution < -0.4 is 0 Å². The van der Waals surface area contributed by atoms with Crippen LogP contribution in [0.3, 0.4) is 0 Å². The van der Waals surface area contributed by atoms with Gasteiger partial charge in [-0.25, -0.2) is 0 Å². The molecule has 2 rings (SSSR count). The number of pyridine rings is 1. The molecular formula is C15H14ClNO. The monoisotopic (exact) mass is 259 g/mol. The number of Topliss-reactive ketones (excluding diaryl/α,β-unsaturated/α-hetero) is 1. The Morgan fingerprint density at radius 3 is 2.67 bits per heavy atom. The Labute approximate surface area is 112 Å². The normalized spacial score (nSPS) is 10.4. The van der Waals surface area contributed by atoms with Gasteiger partial charge in [-0.1, -0.05) is 29.8 Å². The van der Waals surface area contributed by atoms with Crippen LogP contribution in [0.1, 0.15) is 27.0 Å². The topological polar surface area (TPSA) is 30.0 Å². The molecule has 0 aliphatic rings. The minimum absolute atomic E-state index is 0.0191. The molecule has 92 valence electrons. The Hall–Kier alpha value is -1.67.